The summed E-state index contributed by atoms with van der Waals surface area (Å²) < 4.78 is 5.16. The molecule has 15 heavy (non-hydrogen) atoms. The molecule has 2 heteroatoms. The van der Waals surface area contributed by atoms with Crippen molar-refractivity contribution in [2.45, 2.75) is 20.0 Å². The van der Waals surface area contributed by atoms with Crippen LogP contribution in [-0.2, 0) is 16.1 Å². The fourth-order valence-corrected chi connectivity index (χ4v) is 1.22. The minimum atomic E-state index is -0.168. The number of allylic oxidation sites excluding steroid dienone is 1. The molecule has 0 heterocycles. The van der Waals surface area contributed by atoms with Gasteiger partial charge in [0.05, 0.1) is 5.92 Å². The zero-order chi connectivity index (χ0) is 11.1. The van der Waals surface area contributed by atoms with Crippen LogP contribution in [0.15, 0.2) is 43.0 Å². The summed E-state index contributed by atoms with van der Waals surface area (Å²) in [6.07, 6.45) is 2.39. The first-order chi connectivity index (χ1) is 7.24. The van der Waals surface area contributed by atoms with Gasteiger partial charge in [-0.2, -0.15) is 0 Å². The molecule has 80 valence electrons. The SMILES string of the molecule is C=CC[C@H](C)C(=O)OCc1ccccc1. The molecule has 0 spiro atoms. The lowest BCUT2D eigenvalue weighted by Crippen LogP contribution is -2.13. The summed E-state index contributed by atoms with van der Waals surface area (Å²) in [7, 11) is 0. The highest BCUT2D eigenvalue weighted by Crippen LogP contribution is 2.07. The van der Waals surface area contributed by atoms with E-state index in [-0.39, 0.29) is 11.9 Å². The molecule has 0 saturated heterocycles. The lowest BCUT2D eigenvalue weighted by Gasteiger charge is -2.09. The van der Waals surface area contributed by atoms with E-state index in [2.05, 4.69) is 6.58 Å². The van der Waals surface area contributed by atoms with Crippen LogP contribution in [0, 0.1) is 5.92 Å². The molecule has 0 aliphatic carbocycles. The van der Waals surface area contributed by atoms with Gasteiger partial charge in [0, 0.05) is 0 Å². The number of ether oxygens (including phenoxy) is 1. The van der Waals surface area contributed by atoms with Crippen LogP contribution in [0.5, 0.6) is 0 Å². The van der Waals surface area contributed by atoms with Crippen LogP contribution in [-0.4, -0.2) is 5.97 Å². The highest BCUT2D eigenvalue weighted by Gasteiger charge is 2.12. The monoisotopic (exact) mass is 204 g/mol. The van der Waals surface area contributed by atoms with Gasteiger partial charge in [-0.3, -0.25) is 4.79 Å². The van der Waals surface area contributed by atoms with Crippen molar-refractivity contribution in [1.82, 2.24) is 0 Å². The van der Waals surface area contributed by atoms with Gasteiger partial charge in [-0.1, -0.05) is 43.3 Å². The Morgan fingerprint density at radius 1 is 1.47 bits per heavy atom. The zero-order valence-electron chi connectivity index (χ0n) is 8.98. The fourth-order valence-electron chi connectivity index (χ4n) is 1.22. The molecular formula is C13H16O2. The summed E-state index contributed by atoms with van der Waals surface area (Å²) in [4.78, 5) is 11.4. The van der Waals surface area contributed by atoms with Crippen molar-refractivity contribution in [1.29, 1.82) is 0 Å². The number of rotatable bonds is 5. The van der Waals surface area contributed by atoms with Crippen LogP contribution in [0.3, 0.4) is 0 Å². The summed E-state index contributed by atoms with van der Waals surface area (Å²) in [5.74, 6) is -0.273. The van der Waals surface area contributed by atoms with Gasteiger partial charge in [0.2, 0.25) is 0 Å². The molecule has 2 nitrogen and oxygen atoms in total. The second kappa shape index (κ2) is 6.02. The van der Waals surface area contributed by atoms with E-state index in [1.54, 1.807) is 6.08 Å². The fraction of sp³-hybridized carbons (Fsp3) is 0.308. The van der Waals surface area contributed by atoms with Gasteiger partial charge in [-0.15, -0.1) is 6.58 Å². The van der Waals surface area contributed by atoms with Gasteiger partial charge in [-0.05, 0) is 12.0 Å². The van der Waals surface area contributed by atoms with Crippen molar-refractivity contribution in [2.75, 3.05) is 0 Å². The molecule has 1 aromatic carbocycles. The first-order valence-electron chi connectivity index (χ1n) is 5.05. The molecule has 0 bridgehead atoms. The van der Waals surface area contributed by atoms with Crippen LogP contribution in [0.2, 0.25) is 0 Å². The Bertz CT molecular complexity index is 317. The Kier molecular flexibility index (Phi) is 4.61. The van der Waals surface area contributed by atoms with Crippen molar-refractivity contribution in [3.05, 3.63) is 48.6 Å². The molecule has 0 N–H and O–H groups in total. The van der Waals surface area contributed by atoms with Gasteiger partial charge in [0.15, 0.2) is 0 Å². The number of carbonyl (C=O) groups is 1. The Morgan fingerprint density at radius 2 is 2.13 bits per heavy atom. The van der Waals surface area contributed by atoms with Crippen LogP contribution < -0.4 is 0 Å². The molecule has 1 aromatic rings. The maximum atomic E-state index is 11.4. The van der Waals surface area contributed by atoms with Crippen LogP contribution >= 0.6 is 0 Å². The van der Waals surface area contributed by atoms with E-state index in [1.807, 2.05) is 37.3 Å². The third-order valence-electron chi connectivity index (χ3n) is 2.15. The lowest BCUT2D eigenvalue weighted by atomic mass is 10.1. The van der Waals surface area contributed by atoms with Crippen LogP contribution in [0.4, 0.5) is 0 Å². The summed E-state index contributed by atoms with van der Waals surface area (Å²) in [5, 5.41) is 0. The second-order valence-electron chi connectivity index (χ2n) is 3.52. The van der Waals surface area contributed by atoms with Crippen molar-refractivity contribution in [2.24, 2.45) is 5.92 Å². The largest absolute Gasteiger partial charge is 0.461 e. The average molecular weight is 204 g/mol. The van der Waals surface area contributed by atoms with Crippen molar-refractivity contribution >= 4 is 5.97 Å². The molecule has 1 atom stereocenters. The molecule has 0 radical (unpaired) electrons. The third-order valence-corrected chi connectivity index (χ3v) is 2.15. The summed E-state index contributed by atoms with van der Waals surface area (Å²) >= 11 is 0. The van der Waals surface area contributed by atoms with Gasteiger partial charge in [0.25, 0.3) is 0 Å². The molecule has 0 saturated carbocycles. The topological polar surface area (TPSA) is 26.3 Å². The van der Waals surface area contributed by atoms with E-state index in [1.165, 1.54) is 0 Å². The van der Waals surface area contributed by atoms with Crippen molar-refractivity contribution in [3.63, 3.8) is 0 Å². The summed E-state index contributed by atoms with van der Waals surface area (Å²) in [5.41, 5.74) is 1.01. The third kappa shape index (κ3) is 3.98. The normalized spacial score (nSPS) is 11.8. The van der Waals surface area contributed by atoms with Gasteiger partial charge in [-0.25, -0.2) is 0 Å². The van der Waals surface area contributed by atoms with Crippen LogP contribution in [0.25, 0.3) is 0 Å². The minimum Gasteiger partial charge on any atom is -0.461 e. The molecule has 0 aliphatic rings. The average Bonchev–Trinajstić information content (AvgIpc) is 2.27. The standard InChI is InChI=1S/C13H16O2/c1-3-7-11(2)13(14)15-10-12-8-5-4-6-9-12/h3-6,8-9,11H,1,7,10H2,2H3/t11-/m0/s1. The highest BCUT2D eigenvalue weighted by molar-refractivity contribution is 5.72. The Balaban J connectivity index is 2.37. The molecule has 1 rings (SSSR count). The molecule has 0 aromatic heterocycles. The van der Waals surface area contributed by atoms with E-state index in [0.29, 0.717) is 13.0 Å². The quantitative estimate of drug-likeness (QED) is 0.544. The van der Waals surface area contributed by atoms with Gasteiger partial charge >= 0.3 is 5.97 Å². The van der Waals surface area contributed by atoms with Crippen molar-refractivity contribution in [3.8, 4) is 0 Å². The maximum absolute atomic E-state index is 11.4. The maximum Gasteiger partial charge on any atom is 0.309 e. The summed E-state index contributed by atoms with van der Waals surface area (Å²) in [6, 6.07) is 9.66. The minimum absolute atomic E-state index is 0.105. The number of hydrogen-bond acceptors (Lipinski definition) is 2. The predicted octanol–water partition coefficient (Wildman–Crippen LogP) is 2.94. The predicted molar refractivity (Wildman–Crippen MR) is 60.2 cm³/mol. The van der Waals surface area contributed by atoms with E-state index >= 15 is 0 Å². The van der Waals surface area contributed by atoms with E-state index in [9.17, 15) is 4.79 Å². The Morgan fingerprint density at radius 3 is 2.73 bits per heavy atom. The van der Waals surface area contributed by atoms with Gasteiger partial charge < -0.3 is 4.74 Å². The first-order valence-corrected chi connectivity index (χ1v) is 5.05. The molecular weight excluding hydrogens is 188 g/mol. The second-order valence-corrected chi connectivity index (χ2v) is 3.52. The zero-order valence-corrected chi connectivity index (χ0v) is 8.98. The van der Waals surface area contributed by atoms with E-state index < -0.39 is 0 Å². The van der Waals surface area contributed by atoms with E-state index in [4.69, 9.17) is 4.74 Å². The molecule has 0 unspecified atom stereocenters. The number of carbonyl (C=O) groups excluding carboxylic acids is 1. The van der Waals surface area contributed by atoms with Crippen molar-refractivity contribution < 1.29 is 9.53 Å². The van der Waals surface area contributed by atoms with Gasteiger partial charge in [0.1, 0.15) is 6.61 Å². The smallest absolute Gasteiger partial charge is 0.309 e. The molecule has 0 amide bonds. The lowest BCUT2D eigenvalue weighted by molar-refractivity contribution is -0.149. The first kappa shape index (κ1) is 11.5. The highest BCUT2D eigenvalue weighted by atomic mass is 16.5. The molecule has 0 fully saturated rings. The number of benzene rings is 1. The number of hydrogen-bond donors (Lipinski definition) is 0. The Hall–Kier alpha value is -1.57. The molecule has 0 aliphatic heterocycles. The number of esters is 1. The summed E-state index contributed by atoms with van der Waals surface area (Å²) in [6.45, 7) is 5.78. The Labute approximate surface area is 90.6 Å². The van der Waals surface area contributed by atoms with E-state index in [0.717, 1.165) is 5.56 Å². The van der Waals surface area contributed by atoms with Crippen LogP contribution in [0.1, 0.15) is 18.9 Å².